The second kappa shape index (κ2) is 5.93. The number of hydrogen-bond acceptors (Lipinski definition) is 3. The first kappa shape index (κ1) is 12.9. The van der Waals surface area contributed by atoms with Crippen LogP contribution in [0.5, 0.6) is 0 Å². The van der Waals surface area contributed by atoms with Crippen molar-refractivity contribution in [1.82, 2.24) is 4.90 Å². The summed E-state index contributed by atoms with van der Waals surface area (Å²) < 4.78 is 5.85. The minimum atomic E-state index is 0.519. The second-order valence-electron chi connectivity index (χ2n) is 5.79. The average Bonchev–Trinajstić information content (AvgIpc) is 2.90. The Balaban J connectivity index is 1.48. The van der Waals surface area contributed by atoms with Gasteiger partial charge in [-0.25, -0.2) is 0 Å². The summed E-state index contributed by atoms with van der Waals surface area (Å²) in [7, 11) is 0. The zero-order chi connectivity index (χ0) is 13.1. The van der Waals surface area contributed by atoms with E-state index in [1.807, 2.05) is 12.1 Å². The molecule has 2 aliphatic rings. The summed E-state index contributed by atoms with van der Waals surface area (Å²) in [6.45, 7) is 3.24. The highest BCUT2D eigenvalue weighted by molar-refractivity contribution is 5.39. The van der Waals surface area contributed by atoms with Crippen LogP contribution >= 0.6 is 0 Å². The van der Waals surface area contributed by atoms with E-state index in [9.17, 15) is 0 Å². The van der Waals surface area contributed by atoms with Crippen molar-refractivity contribution in [2.75, 3.05) is 25.4 Å². The molecule has 1 aliphatic carbocycles. The molecule has 0 bridgehead atoms. The maximum Gasteiger partial charge on any atom is 0.0730 e. The second-order valence-corrected chi connectivity index (χ2v) is 5.79. The van der Waals surface area contributed by atoms with Crippen molar-refractivity contribution >= 4 is 5.69 Å². The van der Waals surface area contributed by atoms with Crippen molar-refractivity contribution in [3.8, 4) is 0 Å². The molecule has 1 aromatic rings. The first-order valence-corrected chi connectivity index (χ1v) is 7.53. The van der Waals surface area contributed by atoms with Crippen molar-refractivity contribution in [3.63, 3.8) is 0 Å². The van der Waals surface area contributed by atoms with Crippen molar-refractivity contribution in [2.24, 2.45) is 0 Å². The lowest BCUT2D eigenvalue weighted by Crippen LogP contribution is -2.48. The van der Waals surface area contributed by atoms with Gasteiger partial charge in [-0.3, -0.25) is 4.90 Å². The standard InChI is InChI=1S/C16H24N2O/c17-14-8-6-13(7-9-14)3-2-10-18-11-12-19-16-5-1-4-15(16)18/h6-9,15-16H,1-5,10-12,17H2. The van der Waals surface area contributed by atoms with E-state index in [2.05, 4.69) is 17.0 Å². The molecular weight excluding hydrogens is 236 g/mol. The third kappa shape index (κ3) is 3.10. The largest absolute Gasteiger partial charge is 0.399 e. The Morgan fingerprint density at radius 2 is 2.05 bits per heavy atom. The van der Waals surface area contributed by atoms with Gasteiger partial charge in [-0.1, -0.05) is 12.1 Å². The Labute approximate surface area is 115 Å². The van der Waals surface area contributed by atoms with Crippen LogP contribution in [0.3, 0.4) is 0 Å². The van der Waals surface area contributed by atoms with E-state index >= 15 is 0 Å². The first-order chi connectivity index (χ1) is 9.33. The molecule has 2 N–H and O–H groups in total. The summed E-state index contributed by atoms with van der Waals surface area (Å²) in [4.78, 5) is 2.65. The number of nitrogens with two attached hydrogens (primary N) is 1. The number of rotatable bonds is 4. The Morgan fingerprint density at radius 1 is 1.21 bits per heavy atom. The van der Waals surface area contributed by atoms with Crippen LogP contribution in [0.25, 0.3) is 0 Å². The zero-order valence-electron chi connectivity index (χ0n) is 11.6. The van der Waals surface area contributed by atoms with Crippen LogP contribution in [-0.2, 0) is 11.2 Å². The monoisotopic (exact) mass is 260 g/mol. The van der Waals surface area contributed by atoms with E-state index in [1.54, 1.807) is 0 Å². The predicted octanol–water partition coefficient (Wildman–Crippen LogP) is 2.45. The molecule has 2 atom stereocenters. The quantitative estimate of drug-likeness (QED) is 0.845. The van der Waals surface area contributed by atoms with Gasteiger partial charge in [0.05, 0.1) is 12.7 Å². The lowest BCUT2D eigenvalue weighted by Gasteiger charge is -2.37. The fourth-order valence-corrected chi connectivity index (χ4v) is 3.45. The van der Waals surface area contributed by atoms with Crippen LogP contribution < -0.4 is 5.73 Å². The molecule has 3 nitrogen and oxygen atoms in total. The fraction of sp³-hybridized carbons (Fsp3) is 0.625. The first-order valence-electron chi connectivity index (χ1n) is 7.53. The van der Waals surface area contributed by atoms with Crippen LogP contribution in [0, 0.1) is 0 Å². The maximum absolute atomic E-state index is 5.85. The summed E-state index contributed by atoms with van der Waals surface area (Å²) in [5.74, 6) is 0. The van der Waals surface area contributed by atoms with Gasteiger partial charge in [-0.2, -0.15) is 0 Å². The van der Waals surface area contributed by atoms with Gasteiger partial charge in [0.25, 0.3) is 0 Å². The Morgan fingerprint density at radius 3 is 2.89 bits per heavy atom. The fourth-order valence-electron chi connectivity index (χ4n) is 3.45. The molecule has 3 rings (SSSR count). The molecule has 1 aromatic carbocycles. The molecule has 1 aliphatic heterocycles. The number of aryl methyl sites for hydroxylation is 1. The minimum Gasteiger partial charge on any atom is -0.399 e. The number of anilines is 1. The molecular formula is C16H24N2O. The van der Waals surface area contributed by atoms with Gasteiger partial charge in [0.15, 0.2) is 0 Å². The maximum atomic E-state index is 5.85. The zero-order valence-corrected chi connectivity index (χ0v) is 11.6. The SMILES string of the molecule is Nc1ccc(CCCN2CCOC3CCCC32)cc1. The smallest absolute Gasteiger partial charge is 0.0730 e. The molecule has 0 amide bonds. The topological polar surface area (TPSA) is 38.5 Å². The van der Waals surface area contributed by atoms with Gasteiger partial charge in [-0.15, -0.1) is 0 Å². The summed E-state index contributed by atoms with van der Waals surface area (Å²) >= 11 is 0. The van der Waals surface area contributed by atoms with Gasteiger partial charge in [0, 0.05) is 18.3 Å². The number of ether oxygens (including phenoxy) is 1. The molecule has 0 aromatic heterocycles. The van der Waals surface area contributed by atoms with Gasteiger partial charge < -0.3 is 10.5 Å². The van der Waals surface area contributed by atoms with E-state index in [0.717, 1.165) is 25.3 Å². The van der Waals surface area contributed by atoms with E-state index in [1.165, 1.54) is 37.8 Å². The lowest BCUT2D eigenvalue weighted by molar-refractivity contribution is -0.0556. The van der Waals surface area contributed by atoms with Crippen molar-refractivity contribution < 1.29 is 4.74 Å². The molecule has 3 heteroatoms. The van der Waals surface area contributed by atoms with Crippen molar-refractivity contribution in [3.05, 3.63) is 29.8 Å². The summed E-state index contributed by atoms with van der Waals surface area (Å²) in [5, 5.41) is 0. The summed E-state index contributed by atoms with van der Waals surface area (Å²) in [5.41, 5.74) is 7.95. The third-order valence-corrected chi connectivity index (χ3v) is 4.49. The Hall–Kier alpha value is -1.06. The number of benzene rings is 1. The van der Waals surface area contributed by atoms with Crippen molar-refractivity contribution in [2.45, 2.75) is 44.2 Å². The molecule has 2 fully saturated rings. The lowest BCUT2D eigenvalue weighted by atomic mass is 10.1. The third-order valence-electron chi connectivity index (χ3n) is 4.49. The number of nitrogens with zero attached hydrogens (tertiary/aromatic N) is 1. The predicted molar refractivity (Wildman–Crippen MR) is 78.1 cm³/mol. The highest BCUT2D eigenvalue weighted by Gasteiger charge is 2.35. The van der Waals surface area contributed by atoms with Crippen LogP contribution in [-0.4, -0.2) is 36.7 Å². The molecule has 1 heterocycles. The van der Waals surface area contributed by atoms with Gasteiger partial charge >= 0.3 is 0 Å². The van der Waals surface area contributed by atoms with E-state index < -0.39 is 0 Å². The van der Waals surface area contributed by atoms with E-state index in [4.69, 9.17) is 10.5 Å². The highest BCUT2D eigenvalue weighted by atomic mass is 16.5. The van der Waals surface area contributed by atoms with Crippen LogP contribution in [0.15, 0.2) is 24.3 Å². The number of morpholine rings is 1. The molecule has 0 radical (unpaired) electrons. The normalized spacial score (nSPS) is 27.4. The number of fused-ring (bicyclic) bond motifs is 1. The molecule has 1 saturated carbocycles. The van der Waals surface area contributed by atoms with Crippen LogP contribution in [0.2, 0.25) is 0 Å². The average molecular weight is 260 g/mol. The van der Waals surface area contributed by atoms with Crippen molar-refractivity contribution in [1.29, 1.82) is 0 Å². The number of nitrogen functional groups attached to an aromatic ring is 1. The Bertz CT molecular complexity index is 404. The highest BCUT2D eigenvalue weighted by Crippen LogP contribution is 2.29. The molecule has 19 heavy (non-hydrogen) atoms. The van der Waals surface area contributed by atoms with Gasteiger partial charge in [-0.05, 0) is 56.3 Å². The number of hydrogen-bond donors (Lipinski definition) is 1. The summed E-state index contributed by atoms with van der Waals surface area (Å²) in [6, 6.07) is 8.98. The van der Waals surface area contributed by atoms with Gasteiger partial charge in [0.1, 0.15) is 0 Å². The minimum absolute atomic E-state index is 0.519. The van der Waals surface area contributed by atoms with E-state index in [0.29, 0.717) is 12.1 Å². The van der Waals surface area contributed by atoms with E-state index in [-0.39, 0.29) is 0 Å². The molecule has 0 spiro atoms. The molecule has 1 saturated heterocycles. The van der Waals surface area contributed by atoms with Gasteiger partial charge in [0.2, 0.25) is 0 Å². The van der Waals surface area contributed by atoms with Crippen LogP contribution in [0.1, 0.15) is 31.2 Å². The Kier molecular flexibility index (Phi) is 4.04. The van der Waals surface area contributed by atoms with Crippen LogP contribution in [0.4, 0.5) is 5.69 Å². The molecule has 2 unspecified atom stereocenters. The summed E-state index contributed by atoms with van der Waals surface area (Å²) in [6.07, 6.45) is 6.82. The molecule has 104 valence electrons.